The van der Waals surface area contributed by atoms with Gasteiger partial charge in [-0.3, -0.25) is 4.79 Å². The van der Waals surface area contributed by atoms with Gasteiger partial charge in [-0.05, 0) is 23.7 Å². The van der Waals surface area contributed by atoms with Crippen molar-refractivity contribution in [3.63, 3.8) is 0 Å². The van der Waals surface area contributed by atoms with Gasteiger partial charge in [0.05, 0.1) is 19.6 Å². The molecule has 0 bridgehead atoms. The highest BCUT2D eigenvalue weighted by Crippen LogP contribution is 2.40. The van der Waals surface area contributed by atoms with Crippen LogP contribution in [0.5, 0.6) is 0 Å². The van der Waals surface area contributed by atoms with Crippen LogP contribution < -0.4 is 0 Å². The average molecular weight is 294 g/mol. The Bertz CT molecular complexity index is 435. The van der Waals surface area contributed by atoms with E-state index >= 15 is 0 Å². The van der Waals surface area contributed by atoms with Gasteiger partial charge >= 0.3 is 5.97 Å². The highest BCUT2D eigenvalue weighted by atomic mass is 28.4. The molecule has 3 nitrogen and oxygen atoms in total. The van der Waals surface area contributed by atoms with Gasteiger partial charge in [0.25, 0.3) is 0 Å². The van der Waals surface area contributed by atoms with Crippen LogP contribution in [0.25, 0.3) is 0 Å². The summed E-state index contributed by atoms with van der Waals surface area (Å²) in [4.78, 5) is 11.6. The van der Waals surface area contributed by atoms with E-state index in [2.05, 4.69) is 33.9 Å². The normalized spacial score (nSPS) is 13.9. The summed E-state index contributed by atoms with van der Waals surface area (Å²) in [7, 11) is -0.525. The largest absolute Gasteiger partial charge is 0.469 e. The Morgan fingerprint density at radius 1 is 1.20 bits per heavy atom. The van der Waals surface area contributed by atoms with Gasteiger partial charge in [-0.25, -0.2) is 0 Å². The molecule has 0 N–H and O–H groups in total. The Kier molecular flexibility index (Phi) is 5.54. The molecule has 0 fully saturated rings. The van der Waals surface area contributed by atoms with Crippen LogP contribution >= 0.6 is 0 Å². The lowest BCUT2D eigenvalue weighted by atomic mass is 10.1. The molecule has 1 aromatic rings. The Morgan fingerprint density at radius 2 is 1.75 bits per heavy atom. The second-order valence-corrected chi connectivity index (χ2v) is 11.3. The Balaban J connectivity index is 2.98. The first-order chi connectivity index (χ1) is 9.17. The smallest absolute Gasteiger partial charge is 0.308 e. The first-order valence-electron chi connectivity index (χ1n) is 6.97. The first-order valence-corrected chi connectivity index (χ1v) is 9.88. The second kappa shape index (κ2) is 6.55. The van der Waals surface area contributed by atoms with Crippen LogP contribution in [0.1, 0.15) is 38.9 Å². The van der Waals surface area contributed by atoms with E-state index in [-0.39, 0.29) is 23.5 Å². The van der Waals surface area contributed by atoms with Crippen molar-refractivity contribution in [3.8, 4) is 0 Å². The van der Waals surface area contributed by atoms with Gasteiger partial charge in [0.2, 0.25) is 0 Å². The van der Waals surface area contributed by atoms with Gasteiger partial charge in [-0.1, -0.05) is 51.1 Å². The first kappa shape index (κ1) is 16.9. The number of esters is 1. The van der Waals surface area contributed by atoms with Crippen molar-refractivity contribution >= 4 is 14.3 Å². The highest BCUT2D eigenvalue weighted by molar-refractivity contribution is 6.74. The fourth-order valence-corrected chi connectivity index (χ4v) is 2.95. The van der Waals surface area contributed by atoms with Gasteiger partial charge in [-0.2, -0.15) is 0 Å². The van der Waals surface area contributed by atoms with Crippen LogP contribution in [0, 0.1) is 0 Å². The summed E-state index contributed by atoms with van der Waals surface area (Å²) in [5, 5.41) is 0.107. The Morgan fingerprint density at radius 3 is 2.20 bits per heavy atom. The number of ether oxygens (including phenoxy) is 1. The molecule has 0 saturated carbocycles. The van der Waals surface area contributed by atoms with E-state index in [1.54, 1.807) is 0 Å². The monoisotopic (exact) mass is 294 g/mol. The Labute approximate surface area is 123 Å². The van der Waals surface area contributed by atoms with Crippen molar-refractivity contribution in [2.75, 3.05) is 7.11 Å². The van der Waals surface area contributed by atoms with Crippen molar-refractivity contribution in [2.24, 2.45) is 0 Å². The summed E-state index contributed by atoms with van der Waals surface area (Å²) >= 11 is 0. The highest BCUT2D eigenvalue weighted by Gasteiger charge is 2.39. The molecule has 0 aromatic heterocycles. The maximum Gasteiger partial charge on any atom is 0.308 e. The lowest BCUT2D eigenvalue weighted by Crippen LogP contribution is -2.42. The minimum Gasteiger partial charge on any atom is -0.469 e. The maximum atomic E-state index is 11.6. The molecule has 112 valence electrons. The molecule has 0 spiro atoms. The topological polar surface area (TPSA) is 35.5 Å². The fraction of sp³-hybridized carbons (Fsp3) is 0.562. The van der Waals surface area contributed by atoms with E-state index in [1.165, 1.54) is 7.11 Å². The summed E-state index contributed by atoms with van der Waals surface area (Å²) < 4.78 is 11.2. The summed E-state index contributed by atoms with van der Waals surface area (Å²) in [6.45, 7) is 11.0. The molecule has 0 aliphatic rings. The van der Waals surface area contributed by atoms with E-state index in [0.717, 1.165) is 5.56 Å². The molecule has 20 heavy (non-hydrogen) atoms. The fourth-order valence-electron chi connectivity index (χ4n) is 1.66. The minimum atomic E-state index is -1.94. The summed E-state index contributed by atoms with van der Waals surface area (Å²) in [5.41, 5.74) is 1.03. The van der Waals surface area contributed by atoms with Crippen LogP contribution in [-0.4, -0.2) is 21.4 Å². The Hall–Kier alpha value is -1.13. The van der Waals surface area contributed by atoms with E-state index in [4.69, 9.17) is 9.16 Å². The van der Waals surface area contributed by atoms with Crippen LogP contribution in [0.3, 0.4) is 0 Å². The number of carbonyl (C=O) groups is 1. The molecule has 1 aromatic carbocycles. The van der Waals surface area contributed by atoms with Crippen molar-refractivity contribution in [1.82, 2.24) is 0 Å². The number of hydrogen-bond acceptors (Lipinski definition) is 3. The number of hydrogen-bond donors (Lipinski definition) is 0. The lowest BCUT2D eigenvalue weighted by molar-refractivity contribution is -0.142. The van der Waals surface area contributed by atoms with Crippen molar-refractivity contribution in [2.45, 2.75) is 51.4 Å². The predicted octanol–water partition coefficient (Wildman–Crippen LogP) is 4.31. The summed E-state index contributed by atoms with van der Waals surface area (Å²) in [5.74, 6) is -0.238. The van der Waals surface area contributed by atoms with Gasteiger partial charge in [0.1, 0.15) is 0 Å². The van der Waals surface area contributed by atoms with Crippen LogP contribution in [0.15, 0.2) is 30.3 Å². The van der Waals surface area contributed by atoms with E-state index in [0.29, 0.717) is 0 Å². The third-order valence-corrected chi connectivity index (χ3v) is 8.48. The molecule has 0 unspecified atom stereocenters. The molecule has 4 heteroatoms. The van der Waals surface area contributed by atoms with Crippen molar-refractivity contribution < 1.29 is 14.0 Å². The predicted molar refractivity (Wildman–Crippen MR) is 84.1 cm³/mol. The van der Waals surface area contributed by atoms with E-state index < -0.39 is 8.32 Å². The zero-order valence-electron chi connectivity index (χ0n) is 13.4. The zero-order valence-corrected chi connectivity index (χ0v) is 14.4. The minimum absolute atomic E-state index is 0.107. The van der Waals surface area contributed by atoms with Crippen molar-refractivity contribution in [1.29, 1.82) is 0 Å². The number of methoxy groups -OCH3 is 1. The summed E-state index contributed by atoms with van der Waals surface area (Å²) in [6, 6.07) is 9.90. The molecule has 0 saturated heterocycles. The van der Waals surface area contributed by atoms with E-state index in [1.807, 2.05) is 30.3 Å². The van der Waals surface area contributed by atoms with Crippen molar-refractivity contribution in [3.05, 3.63) is 35.9 Å². The van der Waals surface area contributed by atoms with Gasteiger partial charge in [0.15, 0.2) is 8.32 Å². The van der Waals surface area contributed by atoms with E-state index in [9.17, 15) is 4.79 Å². The molecule has 0 heterocycles. The molecular weight excluding hydrogens is 268 g/mol. The molecule has 0 radical (unpaired) electrons. The molecule has 1 rings (SSSR count). The number of carbonyl (C=O) groups excluding carboxylic acids is 1. The summed E-state index contributed by atoms with van der Waals surface area (Å²) in [6.07, 6.45) is 0.0251. The maximum absolute atomic E-state index is 11.6. The lowest BCUT2D eigenvalue weighted by Gasteiger charge is -2.39. The number of benzene rings is 1. The molecule has 1 atom stereocenters. The average Bonchev–Trinajstić information content (AvgIpc) is 2.37. The van der Waals surface area contributed by atoms with Gasteiger partial charge in [-0.15, -0.1) is 0 Å². The zero-order chi connectivity index (χ0) is 15.4. The number of rotatable bonds is 5. The van der Waals surface area contributed by atoms with Crippen LogP contribution in [0.4, 0.5) is 0 Å². The molecule has 0 aliphatic heterocycles. The van der Waals surface area contributed by atoms with Gasteiger partial charge in [0, 0.05) is 0 Å². The quantitative estimate of drug-likeness (QED) is 0.599. The molecular formula is C16H26O3Si. The van der Waals surface area contributed by atoms with Crippen LogP contribution in [-0.2, 0) is 14.0 Å². The second-order valence-electron chi connectivity index (χ2n) is 6.56. The standard InChI is InChI=1S/C16H26O3Si/c1-16(2,3)20(5,6)19-14(12-15(17)18-4)13-10-8-7-9-11-13/h7-11,14H,12H2,1-6H3/t14-/m1/s1. The molecule has 0 amide bonds. The SMILES string of the molecule is COC(=O)C[C@@H](O[Si](C)(C)C(C)(C)C)c1ccccc1. The molecule has 0 aliphatic carbocycles. The van der Waals surface area contributed by atoms with Crippen LogP contribution in [0.2, 0.25) is 18.1 Å². The third-order valence-electron chi connectivity index (χ3n) is 3.99. The van der Waals surface area contributed by atoms with Gasteiger partial charge < -0.3 is 9.16 Å². The third kappa shape index (κ3) is 4.46.